The van der Waals surface area contributed by atoms with Crippen molar-refractivity contribution < 1.29 is 80.2 Å². The molecule has 0 aromatic heterocycles. The number of carbonyl (C=O) groups excluding carboxylic acids is 4. The van der Waals surface area contributed by atoms with Crippen molar-refractivity contribution in [2.24, 2.45) is 11.8 Å². The van der Waals surface area contributed by atoms with Crippen LogP contribution in [0, 0.1) is 11.8 Å². The fourth-order valence-corrected chi connectivity index (χ4v) is 11.4. The van der Waals surface area contributed by atoms with Crippen molar-refractivity contribution in [1.29, 1.82) is 0 Å². The van der Waals surface area contributed by atoms with Crippen LogP contribution in [0.15, 0.2) is 0 Å². The van der Waals surface area contributed by atoms with Gasteiger partial charge in [-0.25, -0.2) is 9.13 Å². The van der Waals surface area contributed by atoms with E-state index in [9.17, 15) is 43.2 Å². The molecule has 3 N–H and O–H groups in total. The third-order valence-electron chi connectivity index (χ3n) is 15.9. The highest BCUT2D eigenvalue weighted by atomic mass is 31.2. The SMILES string of the molecule is CCCCCCCCCCCCCCCCCC(=O)O[C@H](COC(=O)CCCCCCCCCCC(C)CC)COP(=O)(O)OC[C@@H](O)COP(=O)(O)OC[C@@H](COC(=O)CCCCCCCCCC)OC(=O)CCCCCCCCC(C)CC. The number of aliphatic hydroxyl groups is 1. The summed E-state index contributed by atoms with van der Waals surface area (Å²) in [7, 11) is -9.89. The zero-order valence-electron chi connectivity index (χ0n) is 54.9. The van der Waals surface area contributed by atoms with Gasteiger partial charge in [0.1, 0.15) is 19.3 Å². The van der Waals surface area contributed by atoms with Crippen LogP contribution in [0.4, 0.5) is 0 Å². The molecule has 85 heavy (non-hydrogen) atoms. The Morgan fingerprint density at radius 1 is 0.329 bits per heavy atom. The number of unbranched alkanes of at least 4 members (excludes halogenated alkanes) is 33. The van der Waals surface area contributed by atoms with Crippen LogP contribution in [-0.4, -0.2) is 96.7 Å². The van der Waals surface area contributed by atoms with E-state index < -0.39 is 97.5 Å². The zero-order chi connectivity index (χ0) is 62.9. The van der Waals surface area contributed by atoms with Gasteiger partial charge in [0.05, 0.1) is 26.4 Å². The summed E-state index contributed by atoms with van der Waals surface area (Å²) >= 11 is 0. The number of carbonyl (C=O) groups is 4. The molecular weight excluding hydrogens is 1130 g/mol. The van der Waals surface area contributed by atoms with Crippen LogP contribution in [0.3, 0.4) is 0 Å². The van der Waals surface area contributed by atoms with Crippen LogP contribution in [0.25, 0.3) is 0 Å². The molecule has 0 rings (SSSR count). The molecule has 0 aromatic rings. The summed E-state index contributed by atoms with van der Waals surface area (Å²) in [6.07, 6.45) is 41.7. The van der Waals surface area contributed by atoms with Gasteiger partial charge >= 0.3 is 39.5 Å². The van der Waals surface area contributed by atoms with E-state index in [0.717, 1.165) is 108 Å². The first-order valence-electron chi connectivity index (χ1n) is 34.6. The second-order valence-electron chi connectivity index (χ2n) is 24.3. The van der Waals surface area contributed by atoms with E-state index in [-0.39, 0.29) is 25.7 Å². The van der Waals surface area contributed by atoms with Crippen molar-refractivity contribution in [2.45, 2.75) is 349 Å². The molecule has 0 spiro atoms. The lowest BCUT2D eigenvalue weighted by Gasteiger charge is -2.21. The van der Waals surface area contributed by atoms with Gasteiger partial charge in [0, 0.05) is 25.7 Å². The fraction of sp³-hybridized carbons (Fsp3) is 0.939. The molecule has 504 valence electrons. The molecule has 0 radical (unpaired) electrons. The lowest BCUT2D eigenvalue weighted by molar-refractivity contribution is -0.161. The summed E-state index contributed by atoms with van der Waals surface area (Å²) in [6.45, 7) is 9.44. The maximum Gasteiger partial charge on any atom is 0.472 e. The van der Waals surface area contributed by atoms with Crippen LogP contribution < -0.4 is 0 Å². The fourth-order valence-electron chi connectivity index (χ4n) is 9.82. The Morgan fingerprint density at radius 3 is 0.835 bits per heavy atom. The van der Waals surface area contributed by atoms with E-state index in [0.29, 0.717) is 25.7 Å². The largest absolute Gasteiger partial charge is 0.472 e. The summed E-state index contributed by atoms with van der Waals surface area (Å²) < 4.78 is 68.0. The van der Waals surface area contributed by atoms with E-state index in [1.54, 1.807) is 0 Å². The smallest absolute Gasteiger partial charge is 0.462 e. The Bertz CT molecular complexity index is 1670. The van der Waals surface area contributed by atoms with E-state index in [1.807, 2.05) is 0 Å². The van der Waals surface area contributed by atoms with Crippen molar-refractivity contribution >= 4 is 39.5 Å². The summed E-state index contributed by atoms with van der Waals surface area (Å²) in [5.74, 6) is -0.636. The van der Waals surface area contributed by atoms with E-state index in [2.05, 4.69) is 41.5 Å². The van der Waals surface area contributed by atoms with Crippen molar-refractivity contribution in [3.8, 4) is 0 Å². The van der Waals surface area contributed by atoms with Gasteiger partial charge in [-0.15, -0.1) is 0 Å². The molecule has 17 nitrogen and oxygen atoms in total. The van der Waals surface area contributed by atoms with E-state index in [4.69, 9.17) is 37.0 Å². The monoisotopic (exact) mass is 1250 g/mol. The molecule has 0 heterocycles. The maximum atomic E-state index is 13.0. The molecule has 0 saturated carbocycles. The normalized spacial score (nSPS) is 14.9. The average Bonchev–Trinajstić information content (AvgIpc) is 3.63. The van der Waals surface area contributed by atoms with E-state index >= 15 is 0 Å². The first-order chi connectivity index (χ1) is 40.9. The number of rotatable bonds is 65. The molecular formula is C66H128O17P2. The van der Waals surface area contributed by atoms with Crippen molar-refractivity contribution in [3.63, 3.8) is 0 Å². The number of phosphoric acid groups is 2. The zero-order valence-corrected chi connectivity index (χ0v) is 56.7. The minimum absolute atomic E-state index is 0.103. The predicted octanol–water partition coefficient (Wildman–Crippen LogP) is 18.4. The van der Waals surface area contributed by atoms with Gasteiger partial charge in [-0.05, 0) is 37.5 Å². The molecule has 19 heteroatoms. The standard InChI is InChI=1S/C66H128O17P2/c1-7-11-13-15-17-19-20-21-22-23-24-25-31-38-44-50-65(70)82-61(54-77-64(69)49-43-37-30-27-26-28-34-40-46-58(5)9-3)56-80-84(72,73)78-52-60(67)53-79-85(74,75)81-57-62(55-76-63(68)48-42-36-29-18-16-14-12-8-2)83-66(71)51-45-39-33-32-35-41-47-59(6)10-4/h58-62,67H,7-57H2,1-6H3,(H,72,73)(H,74,75)/t58?,59?,60-,61-,62-/m1/s1. The molecule has 0 aromatic carbocycles. The highest BCUT2D eigenvalue weighted by molar-refractivity contribution is 7.47. The second kappa shape index (κ2) is 58.4. The van der Waals surface area contributed by atoms with Gasteiger partial charge in [-0.2, -0.15) is 0 Å². The molecule has 4 unspecified atom stereocenters. The van der Waals surface area contributed by atoms with Gasteiger partial charge < -0.3 is 33.8 Å². The quantitative estimate of drug-likeness (QED) is 0.0222. The molecule has 0 saturated heterocycles. The Morgan fingerprint density at radius 2 is 0.565 bits per heavy atom. The number of phosphoric ester groups is 2. The molecule has 0 fully saturated rings. The lowest BCUT2D eigenvalue weighted by Crippen LogP contribution is -2.30. The Labute approximate surface area is 517 Å². The van der Waals surface area contributed by atoms with E-state index in [1.165, 1.54) is 141 Å². The molecule has 0 amide bonds. The van der Waals surface area contributed by atoms with Crippen molar-refractivity contribution in [3.05, 3.63) is 0 Å². The average molecular weight is 1260 g/mol. The molecule has 7 atom stereocenters. The van der Waals surface area contributed by atoms with Crippen LogP contribution in [0.5, 0.6) is 0 Å². The van der Waals surface area contributed by atoms with Crippen LogP contribution in [0.2, 0.25) is 0 Å². The highest BCUT2D eigenvalue weighted by Gasteiger charge is 2.30. The van der Waals surface area contributed by atoms with Crippen molar-refractivity contribution in [1.82, 2.24) is 0 Å². The number of hydrogen-bond acceptors (Lipinski definition) is 15. The van der Waals surface area contributed by atoms with Crippen LogP contribution in [0.1, 0.15) is 330 Å². The minimum Gasteiger partial charge on any atom is -0.462 e. The lowest BCUT2D eigenvalue weighted by atomic mass is 9.99. The summed E-state index contributed by atoms with van der Waals surface area (Å²) in [5, 5.41) is 10.5. The van der Waals surface area contributed by atoms with Crippen LogP contribution >= 0.6 is 15.6 Å². The Balaban J connectivity index is 5.24. The Hall–Kier alpha value is -1.94. The molecule has 0 aliphatic rings. The third kappa shape index (κ3) is 58.2. The third-order valence-corrected chi connectivity index (χ3v) is 17.8. The predicted molar refractivity (Wildman–Crippen MR) is 340 cm³/mol. The maximum absolute atomic E-state index is 13.0. The first-order valence-corrected chi connectivity index (χ1v) is 37.6. The number of esters is 4. The summed E-state index contributed by atoms with van der Waals surface area (Å²) in [5.41, 5.74) is 0. The number of aliphatic hydroxyl groups excluding tert-OH is 1. The van der Waals surface area contributed by atoms with Gasteiger partial charge in [0.25, 0.3) is 0 Å². The number of hydrogen-bond donors (Lipinski definition) is 3. The van der Waals surface area contributed by atoms with Gasteiger partial charge in [0.2, 0.25) is 0 Å². The molecule has 0 aliphatic heterocycles. The summed E-state index contributed by atoms with van der Waals surface area (Å²) in [4.78, 5) is 72.3. The van der Waals surface area contributed by atoms with Gasteiger partial charge in [-0.1, -0.05) is 279 Å². The van der Waals surface area contributed by atoms with Crippen LogP contribution in [-0.2, 0) is 65.4 Å². The van der Waals surface area contributed by atoms with Gasteiger partial charge in [-0.3, -0.25) is 37.3 Å². The second-order valence-corrected chi connectivity index (χ2v) is 27.2. The minimum atomic E-state index is -4.95. The first kappa shape index (κ1) is 83.1. The highest BCUT2D eigenvalue weighted by Crippen LogP contribution is 2.45. The Kier molecular flexibility index (Phi) is 57.1. The number of ether oxygens (including phenoxy) is 4. The topological polar surface area (TPSA) is 237 Å². The van der Waals surface area contributed by atoms with Gasteiger partial charge in [0.15, 0.2) is 12.2 Å². The molecule has 0 aliphatic carbocycles. The molecule has 0 bridgehead atoms. The summed E-state index contributed by atoms with van der Waals surface area (Å²) in [6, 6.07) is 0. The van der Waals surface area contributed by atoms with Crippen molar-refractivity contribution in [2.75, 3.05) is 39.6 Å².